The SMILES string of the molecule is Cc1ccc(N(CC(=O)N/N=C\c2c(Cl)nn(-c3ccccc3)c2C)S(=O)(=O)c2ccc(C)cc2)cc1. The molecule has 1 N–H and O–H groups in total. The molecule has 3 aromatic carbocycles. The first kappa shape index (κ1) is 26.1. The van der Waals surface area contributed by atoms with Crippen LogP contribution in [-0.2, 0) is 14.8 Å². The maximum Gasteiger partial charge on any atom is 0.264 e. The summed E-state index contributed by atoms with van der Waals surface area (Å²) in [5, 5.41) is 8.57. The predicted molar refractivity (Wildman–Crippen MR) is 146 cm³/mol. The third kappa shape index (κ3) is 5.90. The van der Waals surface area contributed by atoms with Crippen LogP contribution in [0, 0.1) is 20.8 Å². The fourth-order valence-corrected chi connectivity index (χ4v) is 5.33. The molecular weight excluding hydrogens is 510 g/mol. The van der Waals surface area contributed by atoms with Crippen LogP contribution in [0.25, 0.3) is 5.69 Å². The molecule has 4 rings (SSSR count). The van der Waals surface area contributed by atoms with Gasteiger partial charge in [-0.25, -0.2) is 18.5 Å². The molecule has 0 aliphatic heterocycles. The minimum Gasteiger partial charge on any atom is -0.271 e. The number of halogens is 1. The molecule has 0 unspecified atom stereocenters. The highest BCUT2D eigenvalue weighted by Gasteiger charge is 2.27. The van der Waals surface area contributed by atoms with Crippen molar-refractivity contribution in [1.29, 1.82) is 0 Å². The number of nitrogens with zero attached hydrogens (tertiary/aromatic N) is 4. The van der Waals surface area contributed by atoms with Crippen molar-refractivity contribution < 1.29 is 13.2 Å². The second-order valence-electron chi connectivity index (χ2n) is 8.49. The van der Waals surface area contributed by atoms with Crippen molar-refractivity contribution in [1.82, 2.24) is 15.2 Å². The number of hydrogen-bond donors (Lipinski definition) is 1. The Morgan fingerprint density at radius 2 is 1.57 bits per heavy atom. The second kappa shape index (κ2) is 11.0. The lowest BCUT2D eigenvalue weighted by Gasteiger charge is -2.24. The normalized spacial score (nSPS) is 11.6. The number of sulfonamides is 1. The number of hydrogen-bond acceptors (Lipinski definition) is 5. The first-order valence-electron chi connectivity index (χ1n) is 11.5. The van der Waals surface area contributed by atoms with Crippen LogP contribution in [-0.4, -0.2) is 36.9 Å². The fourth-order valence-electron chi connectivity index (χ4n) is 3.65. The summed E-state index contributed by atoms with van der Waals surface area (Å²) >= 11 is 6.31. The standard InChI is InChI=1S/C27H26ClN5O3S/c1-19-9-13-22(14-10-19)32(37(35,36)24-15-11-20(2)12-16-24)18-26(34)30-29-17-25-21(3)33(31-27(25)28)23-7-5-4-6-8-23/h4-17H,18H2,1-3H3,(H,30,34)/b29-17-. The molecule has 190 valence electrons. The van der Waals surface area contributed by atoms with Gasteiger partial charge in [0, 0.05) is 0 Å². The Kier molecular flexibility index (Phi) is 7.75. The molecule has 1 heterocycles. The van der Waals surface area contributed by atoms with E-state index in [0.29, 0.717) is 11.3 Å². The van der Waals surface area contributed by atoms with E-state index in [4.69, 9.17) is 11.6 Å². The summed E-state index contributed by atoms with van der Waals surface area (Å²) in [6.45, 7) is 5.14. The van der Waals surface area contributed by atoms with Gasteiger partial charge in [-0.3, -0.25) is 9.10 Å². The van der Waals surface area contributed by atoms with Gasteiger partial charge in [-0.1, -0.05) is 65.2 Å². The lowest BCUT2D eigenvalue weighted by molar-refractivity contribution is -0.119. The number of rotatable bonds is 8. The van der Waals surface area contributed by atoms with Crippen LogP contribution in [0.1, 0.15) is 22.4 Å². The van der Waals surface area contributed by atoms with Crippen molar-refractivity contribution >= 4 is 39.4 Å². The molecule has 8 nitrogen and oxygen atoms in total. The summed E-state index contributed by atoms with van der Waals surface area (Å²) in [7, 11) is -4.01. The topological polar surface area (TPSA) is 96.7 Å². The van der Waals surface area contributed by atoms with E-state index in [-0.39, 0.29) is 10.0 Å². The zero-order chi connectivity index (χ0) is 26.6. The number of carbonyl (C=O) groups excluding carboxylic acids is 1. The van der Waals surface area contributed by atoms with Crippen molar-refractivity contribution in [2.75, 3.05) is 10.8 Å². The lowest BCUT2D eigenvalue weighted by Crippen LogP contribution is -2.39. The van der Waals surface area contributed by atoms with Crippen LogP contribution >= 0.6 is 11.6 Å². The summed E-state index contributed by atoms with van der Waals surface area (Å²) in [6.07, 6.45) is 1.40. The number of hydrazone groups is 1. The lowest BCUT2D eigenvalue weighted by atomic mass is 10.2. The number of para-hydroxylation sites is 1. The largest absolute Gasteiger partial charge is 0.271 e. The summed E-state index contributed by atoms with van der Waals surface area (Å²) in [5.74, 6) is -0.614. The maximum absolute atomic E-state index is 13.5. The number of amides is 1. The third-order valence-corrected chi connectivity index (χ3v) is 7.79. The average Bonchev–Trinajstić information content (AvgIpc) is 3.17. The Hall–Kier alpha value is -3.95. The molecule has 0 fully saturated rings. The van der Waals surface area contributed by atoms with Crippen LogP contribution in [0.2, 0.25) is 5.15 Å². The molecular formula is C27H26ClN5O3S. The number of anilines is 1. The van der Waals surface area contributed by atoms with Gasteiger partial charge in [0.25, 0.3) is 15.9 Å². The number of carbonyl (C=O) groups is 1. The number of aromatic nitrogens is 2. The summed E-state index contributed by atoms with van der Waals surface area (Å²) < 4.78 is 29.7. The van der Waals surface area contributed by atoms with E-state index in [2.05, 4.69) is 15.6 Å². The number of benzene rings is 3. The van der Waals surface area contributed by atoms with E-state index in [1.165, 1.54) is 18.3 Å². The molecule has 0 bridgehead atoms. The van der Waals surface area contributed by atoms with E-state index in [1.807, 2.05) is 51.1 Å². The smallest absolute Gasteiger partial charge is 0.264 e. The zero-order valence-electron chi connectivity index (χ0n) is 20.6. The van der Waals surface area contributed by atoms with Gasteiger partial charge in [-0.2, -0.15) is 10.2 Å². The van der Waals surface area contributed by atoms with Gasteiger partial charge in [0.15, 0.2) is 5.15 Å². The van der Waals surface area contributed by atoms with E-state index in [0.717, 1.165) is 26.8 Å². The molecule has 1 aromatic heterocycles. The Balaban J connectivity index is 1.55. The predicted octanol–water partition coefficient (Wildman–Crippen LogP) is 4.80. The first-order chi connectivity index (χ1) is 17.7. The molecule has 4 aromatic rings. The molecule has 0 aliphatic carbocycles. The number of aryl methyl sites for hydroxylation is 2. The third-order valence-electron chi connectivity index (χ3n) is 5.72. The van der Waals surface area contributed by atoms with E-state index >= 15 is 0 Å². The summed E-state index contributed by atoms with van der Waals surface area (Å²) in [4.78, 5) is 12.9. The molecule has 0 atom stereocenters. The molecule has 37 heavy (non-hydrogen) atoms. The molecule has 10 heteroatoms. The average molecular weight is 536 g/mol. The van der Waals surface area contributed by atoms with Gasteiger partial charge in [-0.15, -0.1) is 0 Å². The Morgan fingerprint density at radius 1 is 0.973 bits per heavy atom. The van der Waals surface area contributed by atoms with E-state index in [9.17, 15) is 13.2 Å². The zero-order valence-corrected chi connectivity index (χ0v) is 22.2. The molecule has 0 aliphatic rings. The highest BCUT2D eigenvalue weighted by molar-refractivity contribution is 7.92. The second-order valence-corrected chi connectivity index (χ2v) is 10.7. The first-order valence-corrected chi connectivity index (χ1v) is 13.3. The van der Waals surface area contributed by atoms with Crippen LogP contribution in [0.3, 0.4) is 0 Å². The van der Waals surface area contributed by atoms with Gasteiger partial charge in [0.2, 0.25) is 0 Å². The van der Waals surface area contributed by atoms with Gasteiger partial charge < -0.3 is 0 Å². The molecule has 0 saturated carbocycles. The van der Waals surface area contributed by atoms with Crippen molar-refractivity contribution in [2.24, 2.45) is 5.10 Å². The molecule has 1 amide bonds. The van der Waals surface area contributed by atoms with Crippen molar-refractivity contribution in [3.05, 3.63) is 106 Å². The van der Waals surface area contributed by atoms with Gasteiger partial charge >= 0.3 is 0 Å². The highest BCUT2D eigenvalue weighted by Crippen LogP contribution is 2.24. The van der Waals surface area contributed by atoms with Crippen LogP contribution in [0.5, 0.6) is 0 Å². The summed E-state index contributed by atoms with van der Waals surface area (Å²) in [6, 6.07) is 22.9. The minimum absolute atomic E-state index is 0.0886. The Labute approximate surface area is 221 Å². The minimum atomic E-state index is -4.01. The van der Waals surface area contributed by atoms with Gasteiger partial charge in [-0.05, 0) is 57.2 Å². The monoisotopic (exact) mass is 535 g/mol. The van der Waals surface area contributed by atoms with Crippen molar-refractivity contribution in [3.8, 4) is 5.69 Å². The fraction of sp³-hybridized carbons (Fsp3) is 0.148. The van der Waals surface area contributed by atoms with E-state index < -0.39 is 22.5 Å². The quantitative estimate of drug-likeness (QED) is 0.259. The maximum atomic E-state index is 13.5. The Bertz CT molecular complexity index is 1530. The van der Waals surface area contributed by atoms with Crippen LogP contribution in [0.15, 0.2) is 88.9 Å². The van der Waals surface area contributed by atoms with E-state index in [1.54, 1.807) is 41.1 Å². The van der Waals surface area contributed by atoms with Crippen LogP contribution < -0.4 is 9.73 Å². The Morgan fingerprint density at radius 3 is 2.19 bits per heavy atom. The van der Waals surface area contributed by atoms with Gasteiger partial charge in [0.05, 0.1) is 33.7 Å². The van der Waals surface area contributed by atoms with Crippen molar-refractivity contribution in [2.45, 2.75) is 25.7 Å². The molecule has 0 saturated heterocycles. The number of nitrogens with one attached hydrogen (secondary N) is 1. The van der Waals surface area contributed by atoms with Crippen LogP contribution in [0.4, 0.5) is 5.69 Å². The summed E-state index contributed by atoms with van der Waals surface area (Å²) in [5.41, 5.74) is 6.77. The highest BCUT2D eigenvalue weighted by atomic mass is 35.5. The molecule has 0 spiro atoms. The van der Waals surface area contributed by atoms with Crippen molar-refractivity contribution in [3.63, 3.8) is 0 Å². The molecule has 0 radical (unpaired) electrons. The van der Waals surface area contributed by atoms with Gasteiger partial charge in [0.1, 0.15) is 6.54 Å².